The molecule has 0 bridgehead atoms. The summed E-state index contributed by atoms with van der Waals surface area (Å²) in [6.07, 6.45) is 1.94. The van der Waals surface area contributed by atoms with Crippen LogP contribution >= 0.6 is 0 Å². The molecule has 0 aromatic carbocycles. The number of piperidine rings is 1. The van der Waals surface area contributed by atoms with Crippen LogP contribution in [0.25, 0.3) is 0 Å². The van der Waals surface area contributed by atoms with Crippen molar-refractivity contribution >= 4 is 11.8 Å². The van der Waals surface area contributed by atoms with Gasteiger partial charge in [-0.2, -0.15) is 0 Å². The molecular formula is C11H19N3O3. The summed E-state index contributed by atoms with van der Waals surface area (Å²) in [5.74, 6) is -0.0599. The Kier molecular flexibility index (Phi) is 3.63. The van der Waals surface area contributed by atoms with E-state index in [1.54, 1.807) is 4.90 Å². The van der Waals surface area contributed by atoms with Crippen molar-refractivity contribution in [3.63, 3.8) is 0 Å². The quantitative estimate of drug-likeness (QED) is 0.631. The molecule has 3 N–H and O–H groups in total. The molecule has 2 atom stereocenters. The number of hydrogen-bond acceptors (Lipinski definition) is 4. The molecular weight excluding hydrogens is 222 g/mol. The minimum atomic E-state index is -0.748. The normalized spacial score (nSPS) is 27.1. The van der Waals surface area contributed by atoms with Gasteiger partial charge < -0.3 is 20.6 Å². The number of hydrogen-bond donors (Lipinski definition) is 2. The predicted molar refractivity (Wildman–Crippen MR) is 61.0 cm³/mol. The summed E-state index contributed by atoms with van der Waals surface area (Å²) >= 11 is 0. The first-order chi connectivity index (χ1) is 8.13. The number of aliphatic hydroxyl groups excluding tert-OH is 1. The van der Waals surface area contributed by atoms with Gasteiger partial charge in [-0.05, 0) is 19.3 Å². The average Bonchev–Trinajstić information content (AvgIpc) is 2.35. The van der Waals surface area contributed by atoms with Crippen molar-refractivity contribution in [3.05, 3.63) is 0 Å². The Morgan fingerprint density at radius 1 is 1.41 bits per heavy atom. The summed E-state index contributed by atoms with van der Waals surface area (Å²) in [6.45, 7) is 1.02. The van der Waals surface area contributed by atoms with E-state index >= 15 is 0 Å². The minimum absolute atomic E-state index is 0.0153. The van der Waals surface area contributed by atoms with E-state index in [1.165, 1.54) is 4.90 Å². The van der Waals surface area contributed by atoms with Crippen molar-refractivity contribution in [2.75, 3.05) is 26.2 Å². The summed E-state index contributed by atoms with van der Waals surface area (Å²) in [5, 5.41) is 9.47. The highest BCUT2D eigenvalue weighted by atomic mass is 16.3. The summed E-state index contributed by atoms with van der Waals surface area (Å²) in [7, 11) is 0. The molecule has 2 heterocycles. The fourth-order valence-electron chi connectivity index (χ4n) is 2.51. The second-order valence-electron chi connectivity index (χ2n) is 4.71. The zero-order valence-electron chi connectivity index (χ0n) is 9.84. The summed E-state index contributed by atoms with van der Waals surface area (Å²) in [5.41, 5.74) is 5.32. The third kappa shape index (κ3) is 2.42. The van der Waals surface area contributed by atoms with Crippen LogP contribution in [0.3, 0.4) is 0 Å². The van der Waals surface area contributed by atoms with Gasteiger partial charge in [-0.3, -0.25) is 9.59 Å². The van der Waals surface area contributed by atoms with Crippen molar-refractivity contribution in [1.29, 1.82) is 0 Å². The van der Waals surface area contributed by atoms with Gasteiger partial charge in [0.2, 0.25) is 11.8 Å². The number of piperazine rings is 1. The van der Waals surface area contributed by atoms with Crippen LogP contribution in [0.5, 0.6) is 0 Å². The molecule has 2 amide bonds. The van der Waals surface area contributed by atoms with E-state index in [1.807, 2.05) is 0 Å². The largest absolute Gasteiger partial charge is 0.390 e. The Labute approximate surface area is 100 Å². The molecule has 0 radical (unpaired) electrons. The smallest absolute Gasteiger partial charge is 0.245 e. The molecule has 17 heavy (non-hydrogen) atoms. The lowest BCUT2D eigenvalue weighted by Crippen LogP contribution is -2.62. The van der Waals surface area contributed by atoms with Crippen LogP contribution in [-0.4, -0.2) is 65.0 Å². The number of nitrogens with two attached hydrogens (primary N) is 1. The molecule has 2 unspecified atom stereocenters. The third-order valence-corrected chi connectivity index (χ3v) is 3.45. The first-order valence-electron chi connectivity index (χ1n) is 6.10. The molecule has 0 spiro atoms. The van der Waals surface area contributed by atoms with Crippen LogP contribution in [0.2, 0.25) is 0 Å². The van der Waals surface area contributed by atoms with Crippen LogP contribution in [0.15, 0.2) is 0 Å². The standard InChI is InChI=1S/C11H19N3O3/c12-5-8(15)6-13-7-10(16)14-4-2-1-3-9(14)11(13)17/h8-9,15H,1-7,12H2. The van der Waals surface area contributed by atoms with E-state index in [4.69, 9.17) is 5.73 Å². The zero-order valence-corrected chi connectivity index (χ0v) is 9.84. The van der Waals surface area contributed by atoms with E-state index in [-0.39, 0.29) is 37.5 Å². The molecule has 2 aliphatic heterocycles. The maximum absolute atomic E-state index is 12.1. The number of carbonyl (C=O) groups is 2. The highest BCUT2D eigenvalue weighted by molar-refractivity contribution is 5.95. The van der Waals surface area contributed by atoms with Gasteiger partial charge in [0.25, 0.3) is 0 Å². The number of aliphatic hydroxyl groups is 1. The SMILES string of the molecule is NCC(O)CN1CC(=O)N2CCCCC2C1=O. The highest BCUT2D eigenvalue weighted by Gasteiger charge is 2.40. The number of amides is 2. The van der Waals surface area contributed by atoms with Crippen molar-refractivity contribution in [1.82, 2.24) is 9.80 Å². The van der Waals surface area contributed by atoms with Gasteiger partial charge in [0, 0.05) is 19.6 Å². The number of carbonyl (C=O) groups excluding carboxylic acids is 2. The monoisotopic (exact) mass is 241 g/mol. The Hall–Kier alpha value is -1.14. The molecule has 0 saturated carbocycles. The van der Waals surface area contributed by atoms with Gasteiger partial charge in [-0.25, -0.2) is 0 Å². The predicted octanol–water partition coefficient (Wildman–Crippen LogP) is -1.47. The first kappa shape index (κ1) is 12.3. The first-order valence-corrected chi connectivity index (χ1v) is 6.10. The minimum Gasteiger partial charge on any atom is -0.390 e. The molecule has 2 rings (SSSR count). The van der Waals surface area contributed by atoms with Gasteiger partial charge >= 0.3 is 0 Å². The maximum atomic E-state index is 12.1. The molecule has 0 aromatic rings. The van der Waals surface area contributed by atoms with Crippen molar-refractivity contribution < 1.29 is 14.7 Å². The van der Waals surface area contributed by atoms with Gasteiger partial charge in [0.05, 0.1) is 12.6 Å². The Bertz CT molecular complexity index is 321. The van der Waals surface area contributed by atoms with Crippen LogP contribution in [0.4, 0.5) is 0 Å². The average molecular weight is 241 g/mol. The van der Waals surface area contributed by atoms with Gasteiger partial charge in [-0.1, -0.05) is 0 Å². The van der Waals surface area contributed by atoms with Crippen LogP contribution < -0.4 is 5.73 Å². The second-order valence-corrected chi connectivity index (χ2v) is 4.71. The third-order valence-electron chi connectivity index (χ3n) is 3.45. The Balaban J connectivity index is 2.06. The number of rotatable bonds is 3. The van der Waals surface area contributed by atoms with Crippen LogP contribution in [0, 0.1) is 0 Å². The highest BCUT2D eigenvalue weighted by Crippen LogP contribution is 2.23. The van der Waals surface area contributed by atoms with Crippen molar-refractivity contribution in [2.45, 2.75) is 31.4 Å². The van der Waals surface area contributed by atoms with Crippen molar-refractivity contribution in [3.8, 4) is 0 Å². The molecule has 2 saturated heterocycles. The molecule has 0 aromatic heterocycles. The van der Waals surface area contributed by atoms with E-state index in [2.05, 4.69) is 0 Å². The van der Waals surface area contributed by atoms with Crippen LogP contribution in [-0.2, 0) is 9.59 Å². The lowest BCUT2D eigenvalue weighted by atomic mass is 9.98. The van der Waals surface area contributed by atoms with E-state index in [0.29, 0.717) is 6.54 Å². The summed E-state index contributed by atoms with van der Waals surface area (Å²) in [4.78, 5) is 27.1. The zero-order chi connectivity index (χ0) is 12.4. The summed E-state index contributed by atoms with van der Waals surface area (Å²) < 4.78 is 0. The molecule has 6 nitrogen and oxygen atoms in total. The fraction of sp³-hybridized carbons (Fsp3) is 0.818. The molecule has 2 aliphatic rings. The lowest BCUT2D eigenvalue weighted by molar-refractivity contribution is -0.158. The maximum Gasteiger partial charge on any atom is 0.245 e. The van der Waals surface area contributed by atoms with Gasteiger partial charge in [0.1, 0.15) is 6.04 Å². The number of β-amino-alcohol motifs (C(OH)–C–C–N with tert-alkyl or cyclic N) is 1. The van der Waals surface area contributed by atoms with Gasteiger partial charge in [-0.15, -0.1) is 0 Å². The van der Waals surface area contributed by atoms with Gasteiger partial charge in [0.15, 0.2) is 0 Å². The lowest BCUT2D eigenvalue weighted by Gasteiger charge is -2.43. The molecule has 96 valence electrons. The van der Waals surface area contributed by atoms with E-state index in [0.717, 1.165) is 19.3 Å². The Morgan fingerprint density at radius 3 is 2.88 bits per heavy atom. The summed E-state index contributed by atoms with van der Waals surface area (Å²) in [6, 6.07) is -0.310. The van der Waals surface area contributed by atoms with Crippen LogP contribution in [0.1, 0.15) is 19.3 Å². The van der Waals surface area contributed by atoms with E-state index < -0.39 is 6.10 Å². The Morgan fingerprint density at radius 2 is 2.18 bits per heavy atom. The number of fused-ring (bicyclic) bond motifs is 1. The second kappa shape index (κ2) is 5.01. The molecule has 6 heteroatoms. The fourth-order valence-corrected chi connectivity index (χ4v) is 2.51. The van der Waals surface area contributed by atoms with E-state index in [9.17, 15) is 14.7 Å². The molecule has 0 aliphatic carbocycles. The molecule has 2 fully saturated rings. The van der Waals surface area contributed by atoms with Crippen molar-refractivity contribution in [2.24, 2.45) is 5.73 Å². The topological polar surface area (TPSA) is 86.9 Å². The number of nitrogens with zero attached hydrogens (tertiary/aromatic N) is 2.